The Morgan fingerprint density at radius 1 is 1.08 bits per heavy atom. The third kappa shape index (κ3) is 4.09. The number of hydrogen-bond donors (Lipinski definition) is 2. The molecule has 0 aromatic heterocycles. The van der Waals surface area contributed by atoms with Crippen molar-refractivity contribution in [3.63, 3.8) is 0 Å². The van der Waals surface area contributed by atoms with Gasteiger partial charge in [-0.2, -0.15) is 13.2 Å². The Balaban J connectivity index is 1.62. The third-order valence-corrected chi connectivity index (χ3v) is 5.96. The highest BCUT2D eigenvalue weighted by molar-refractivity contribution is 5.81. The molecular weight excluding hydrogens is 349 g/mol. The van der Waals surface area contributed by atoms with Crippen molar-refractivity contribution in [1.29, 1.82) is 0 Å². The van der Waals surface area contributed by atoms with E-state index < -0.39 is 23.8 Å². The lowest BCUT2D eigenvalue weighted by Crippen LogP contribution is -2.61. The first-order valence-electron chi connectivity index (χ1n) is 9.21. The Morgan fingerprint density at radius 3 is 2.15 bits per heavy atom. The molecule has 4 aliphatic rings. The van der Waals surface area contributed by atoms with Crippen molar-refractivity contribution >= 4 is 12.0 Å². The Kier molecular flexibility index (Phi) is 4.68. The molecular formula is C18H27F3N2O3. The molecule has 0 saturated heterocycles. The predicted molar refractivity (Wildman–Crippen MR) is 88.2 cm³/mol. The zero-order chi connectivity index (χ0) is 19.3. The first kappa shape index (κ1) is 19.3. The van der Waals surface area contributed by atoms with Gasteiger partial charge in [0, 0.05) is 12.6 Å². The molecule has 4 fully saturated rings. The van der Waals surface area contributed by atoms with Gasteiger partial charge in [-0.05, 0) is 76.0 Å². The van der Waals surface area contributed by atoms with Gasteiger partial charge in [-0.3, -0.25) is 4.79 Å². The second-order valence-corrected chi connectivity index (χ2v) is 9.32. The highest BCUT2D eigenvalue weighted by Crippen LogP contribution is 2.59. The van der Waals surface area contributed by atoms with Crippen LogP contribution in [0.15, 0.2) is 0 Å². The van der Waals surface area contributed by atoms with Gasteiger partial charge >= 0.3 is 18.2 Å². The topological polar surface area (TPSA) is 67.4 Å². The standard InChI is InChI=1S/C18H27F3N2O3/c1-16(2,3)26-15(25)23-13-11-4-10-5-12(13)8-17(6-10,7-11)9-22-14(24)18(19,20)21/h10-13H,4-9H2,1-3H3,(H,22,24)(H,23,25)/t10?,11-,12+,13-,17-. The molecule has 4 aliphatic carbocycles. The van der Waals surface area contributed by atoms with Crippen molar-refractivity contribution in [3.05, 3.63) is 0 Å². The average Bonchev–Trinajstić information content (AvgIpc) is 2.45. The first-order chi connectivity index (χ1) is 11.9. The number of amides is 2. The van der Waals surface area contributed by atoms with Gasteiger partial charge < -0.3 is 15.4 Å². The van der Waals surface area contributed by atoms with Crippen LogP contribution in [0.1, 0.15) is 52.9 Å². The monoisotopic (exact) mass is 376 g/mol. The van der Waals surface area contributed by atoms with E-state index in [4.69, 9.17) is 4.74 Å². The molecule has 26 heavy (non-hydrogen) atoms. The van der Waals surface area contributed by atoms with Gasteiger partial charge in [0.2, 0.25) is 0 Å². The second-order valence-electron chi connectivity index (χ2n) is 9.32. The van der Waals surface area contributed by atoms with E-state index in [0.717, 1.165) is 32.1 Å². The van der Waals surface area contributed by atoms with Gasteiger partial charge in [0.25, 0.3) is 0 Å². The minimum Gasteiger partial charge on any atom is -0.444 e. The number of halogens is 3. The van der Waals surface area contributed by atoms with Gasteiger partial charge in [0.05, 0.1) is 0 Å². The molecule has 1 unspecified atom stereocenters. The van der Waals surface area contributed by atoms with E-state index in [1.807, 2.05) is 20.8 Å². The Bertz CT molecular complexity index is 569. The van der Waals surface area contributed by atoms with Gasteiger partial charge in [0.15, 0.2) is 0 Å². The molecule has 0 aromatic rings. The van der Waals surface area contributed by atoms with Crippen LogP contribution in [0.5, 0.6) is 0 Å². The lowest BCUT2D eigenvalue weighted by molar-refractivity contribution is -0.175. The third-order valence-electron chi connectivity index (χ3n) is 5.96. The second kappa shape index (κ2) is 6.30. The fraction of sp³-hybridized carbons (Fsp3) is 0.889. The SMILES string of the molecule is CC(C)(C)OC(=O)N[C@@H]1[C@@H]2CC3C[C@H]1C[C@@](CNC(=O)C(F)(F)F)(C3)C2. The minimum absolute atomic E-state index is 0.00726. The van der Waals surface area contributed by atoms with Crippen molar-refractivity contribution in [3.8, 4) is 0 Å². The Labute approximate surface area is 151 Å². The largest absolute Gasteiger partial charge is 0.471 e. The first-order valence-corrected chi connectivity index (χ1v) is 9.21. The van der Waals surface area contributed by atoms with Crippen LogP contribution in [0.3, 0.4) is 0 Å². The summed E-state index contributed by atoms with van der Waals surface area (Å²) >= 11 is 0. The summed E-state index contributed by atoms with van der Waals surface area (Å²) in [7, 11) is 0. The molecule has 4 rings (SSSR count). The Hall–Kier alpha value is -1.47. The number of carbonyl (C=O) groups is 2. The molecule has 5 nitrogen and oxygen atoms in total. The van der Waals surface area contributed by atoms with Crippen molar-refractivity contribution in [2.45, 2.75) is 70.7 Å². The number of rotatable bonds is 3. The maximum absolute atomic E-state index is 12.5. The van der Waals surface area contributed by atoms with Crippen LogP contribution >= 0.6 is 0 Å². The van der Waals surface area contributed by atoms with Crippen LogP contribution in [0.4, 0.5) is 18.0 Å². The fourth-order valence-corrected chi connectivity index (χ4v) is 5.46. The lowest BCUT2D eigenvalue weighted by Gasteiger charge is -2.60. The van der Waals surface area contributed by atoms with Crippen LogP contribution in [-0.2, 0) is 9.53 Å². The maximum atomic E-state index is 12.5. The van der Waals surface area contributed by atoms with Gasteiger partial charge in [-0.1, -0.05) is 0 Å². The van der Waals surface area contributed by atoms with Crippen molar-refractivity contribution < 1.29 is 27.5 Å². The summed E-state index contributed by atoms with van der Waals surface area (Å²) in [5.74, 6) is -0.934. The molecule has 148 valence electrons. The van der Waals surface area contributed by atoms with Crippen LogP contribution in [0, 0.1) is 23.2 Å². The molecule has 0 aliphatic heterocycles. The van der Waals surface area contributed by atoms with Gasteiger partial charge in [-0.25, -0.2) is 4.79 Å². The van der Waals surface area contributed by atoms with Crippen LogP contribution in [0.25, 0.3) is 0 Å². The molecule has 5 atom stereocenters. The summed E-state index contributed by atoms with van der Waals surface area (Å²) in [5.41, 5.74) is -0.845. The fourth-order valence-electron chi connectivity index (χ4n) is 5.46. The molecule has 0 spiro atoms. The Morgan fingerprint density at radius 2 is 1.65 bits per heavy atom. The highest BCUT2D eigenvalue weighted by Gasteiger charge is 2.56. The van der Waals surface area contributed by atoms with Gasteiger partial charge in [-0.15, -0.1) is 0 Å². The molecule has 2 N–H and O–H groups in total. The number of alkyl carbamates (subject to hydrolysis) is 1. The van der Waals surface area contributed by atoms with E-state index >= 15 is 0 Å². The number of ether oxygens (including phenoxy) is 1. The maximum Gasteiger partial charge on any atom is 0.471 e. The summed E-state index contributed by atoms with van der Waals surface area (Å²) in [6.45, 7) is 5.49. The average molecular weight is 376 g/mol. The quantitative estimate of drug-likeness (QED) is 0.793. The van der Waals surface area contributed by atoms with Crippen LogP contribution in [0.2, 0.25) is 0 Å². The number of nitrogens with one attached hydrogen (secondary N) is 2. The van der Waals surface area contributed by atoms with Crippen LogP contribution < -0.4 is 10.6 Å². The van der Waals surface area contributed by atoms with E-state index in [-0.39, 0.29) is 29.8 Å². The van der Waals surface area contributed by atoms with Crippen molar-refractivity contribution in [2.24, 2.45) is 23.2 Å². The molecule has 2 amide bonds. The summed E-state index contributed by atoms with van der Waals surface area (Å²) in [6.07, 6.45) is -0.996. The number of carbonyl (C=O) groups excluding carboxylic acids is 2. The lowest BCUT2D eigenvalue weighted by atomic mass is 9.48. The molecule has 4 saturated carbocycles. The zero-order valence-corrected chi connectivity index (χ0v) is 15.4. The molecule has 0 aromatic carbocycles. The van der Waals surface area contributed by atoms with Crippen molar-refractivity contribution in [1.82, 2.24) is 10.6 Å². The van der Waals surface area contributed by atoms with E-state index in [0.29, 0.717) is 5.92 Å². The van der Waals surface area contributed by atoms with Gasteiger partial charge in [0.1, 0.15) is 5.60 Å². The number of alkyl halides is 3. The van der Waals surface area contributed by atoms with E-state index in [2.05, 4.69) is 10.6 Å². The molecule has 4 bridgehead atoms. The zero-order valence-electron chi connectivity index (χ0n) is 15.4. The summed E-state index contributed by atoms with van der Waals surface area (Å²) in [5, 5.41) is 5.09. The highest BCUT2D eigenvalue weighted by atomic mass is 19.4. The predicted octanol–water partition coefficient (Wildman–Crippen LogP) is 3.38. The smallest absolute Gasteiger partial charge is 0.444 e. The van der Waals surface area contributed by atoms with E-state index in [1.165, 1.54) is 0 Å². The van der Waals surface area contributed by atoms with E-state index in [1.54, 1.807) is 0 Å². The summed E-state index contributed by atoms with van der Waals surface area (Å²) in [6, 6.07) is 0.00726. The summed E-state index contributed by atoms with van der Waals surface area (Å²) < 4.78 is 42.8. The van der Waals surface area contributed by atoms with E-state index in [9.17, 15) is 22.8 Å². The van der Waals surface area contributed by atoms with Crippen LogP contribution in [-0.4, -0.2) is 36.4 Å². The summed E-state index contributed by atoms with van der Waals surface area (Å²) in [4.78, 5) is 23.3. The molecule has 8 heteroatoms. The minimum atomic E-state index is -4.84. The van der Waals surface area contributed by atoms with Crippen molar-refractivity contribution in [2.75, 3.05) is 6.54 Å². The molecule has 0 heterocycles. The normalized spacial score (nSPS) is 35.9. The molecule has 0 radical (unpaired) electrons. The number of hydrogen-bond acceptors (Lipinski definition) is 3.